The number of nitrogens with zero attached hydrogens (tertiary/aromatic N) is 4. The molecule has 0 spiro atoms. The Morgan fingerprint density at radius 3 is 2.31 bits per heavy atom. The molecule has 0 N–H and O–H groups in total. The molecule has 2 aromatic rings. The number of aromatic nitrogens is 1. The number of rotatable bonds is 6. The van der Waals surface area contributed by atoms with Crippen LogP contribution in [0.3, 0.4) is 0 Å². The molecule has 0 radical (unpaired) electrons. The van der Waals surface area contributed by atoms with E-state index < -0.39 is 14.8 Å². The number of anilines is 1. The summed E-state index contributed by atoms with van der Waals surface area (Å²) in [6.45, 7) is 3.83. The second-order valence-electron chi connectivity index (χ2n) is 6.88. The summed E-state index contributed by atoms with van der Waals surface area (Å²) >= 11 is 0. The number of carbonyl (C=O) groups is 1. The summed E-state index contributed by atoms with van der Waals surface area (Å²) in [5, 5.41) is 10.7. The molecule has 1 aliphatic heterocycles. The number of pyridine rings is 1. The lowest BCUT2D eigenvalue weighted by molar-refractivity contribution is -0.385. The van der Waals surface area contributed by atoms with Crippen LogP contribution in [0.1, 0.15) is 12.0 Å². The molecule has 3 rings (SSSR count). The molecule has 154 valence electrons. The number of carbonyl (C=O) groups excluding carboxylic acids is 1. The van der Waals surface area contributed by atoms with Crippen molar-refractivity contribution in [3.05, 3.63) is 58.3 Å². The van der Waals surface area contributed by atoms with E-state index in [2.05, 4.69) is 4.98 Å². The van der Waals surface area contributed by atoms with E-state index in [4.69, 9.17) is 0 Å². The van der Waals surface area contributed by atoms with Crippen molar-refractivity contribution in [1.82, 2.24) is 9.88 Å². The minimum atomic E-state index is -3.50. The van der Waals surface area contributed by atoms with Crippen molar-refractivity contribution < 1.29 is 18.1 Å². The van der Waals surface area contributed by atoms with Gasteiger partial charge in [-0.05, 0) is 25.1 Å². The zero-order valence-electron chi connectivity index (χ0n) is 16.0. The molecular weight excluding hydrogens is 396 g/mol. The molecule has 0 unspecified atom stereocenters. The standard InChI is InChI=1S/C19H22N4O5S/c1-15-2-5-17(6-3-15)29(27,28)13-8-19(24)22-11-9-21(10-12-22)18-7-4-16(14-20-18)23(25)26/h2-7,14H,8-13H2,1H3. The van der Waals surface area contributed by atoms with Crippen LogP contribution in [0.5, 0.6) is 0 Å². The Morgan fingerprint density at radius 2 is 1.76 bits per heavy atom. The van der Waals surface area contributed by atoms with E-state index in [1.807, 2.05) is 11.8 Å². The summed E-state index contributed by atoms with van der Waals surface area (Å²) in [5.74, 6) is 0.195. The number of piperazine rings is 1. The molecule has 0 aliphatic carbocycles. The number of amides is 1. The summed E-state index contributed by atoms with van der Waals surface area (Å²) in [6, 6.07) is 9.58. The average molecular weight is 418 g/mol. The van der Waals surface area contributed by atoms with E-state index in [-0.39, 0.29) is 28.7 Å². The van der Waals surface area contributed by atoms with Crippen LogP contribution in [0, 0.1) is 17.0 Å². The molecule has 0 atom stereocenters. The van der Waals surface area contributed by atoms with Gasteiger partial charge in [0.05, 0.1) is 15.6 Å². The predicted molar refractivity (Wildman–Crippen MR) is 108 cm³/mol. The quantitative estimate of drug-likeness (QED) is 0.519. The van der Waals surface area contributed by atoms with Gasteiger partial charge in [0.2, 0.25) is 5.91 Å². The fourth-order valence-corrected chi connectivity index (χ4v) is 4.33. The molecule has 1 fully saturated rings. The third-order valence-corrected chi connectivity index (χ3v) is 6.60. The third-order valence-electron chi connectivity index (χ3n) is 4.86. The van der Waals surface area contributed by atoms with E-state index in [1.54, 1.807) is 35.2 Å². The highest BCUT2D eigenvalue weighted by Crippen LogP contribution is 2.18. The first-order chi connectivity index (χ1) is 13.8. The molecule has 29 heavy (non-hydrogen) atoms. The van der Waals surface area contributed by atoms with E-state index in [0.29, 0.717) is 32.0 Å². The van der Waals surface area contributed by atoms with Gasteiger partial charge in [-0.25, -0.2) is 13.4 Å². The smallest absolute Gasteiger partial charge is 0.287 e. The minimum Gasteiger partial charge on any atom is -0.353 e. The summed E-state index contributed by atoms with van der Waals surface area (Å²) in [5.41, 5.74) is 0.901. The van der Waals surface area contributed by atoms with Gasteiger partial charge in [0, 0.05) is 38.7 Å². The van der Waals surface area contributed by atoms with Crippen molar-refractivity contribution >= 4 is 27.2 Å². The van der Waals surface area contributed by atoms with E-state index in [1.165, 1.54) is 12.3 Å². The first-order valence-corrected chi connectivity index (χ1v) is 10.8. The second-order valence-corrected chi connectivity index (χ2v) is 8.99. The summed E-state index contributed by atoms with van der Waals surface area (Å²) in [7, 11) is -3.50. The number of hydrogen-bond acceptors (Lipinski definition) is 7. The van der Waals surface area contributed by atoms with Crippen LogP contribution in [-0.4, -0.2) is 61.1 Å². The Bertz CT molecular complexity index is 982. The van der Waals surface area contributed by atoms with Crippen LogP contribution in [0.4, 0.5) is 11.5 Å². The van der Waals surface area contributed by atoms with Gasteiger partial charge in [-0.3, -0.25) is 14.9 Å². The van der Waals surface area contributed by atoms with Crippen molar-refractivity contribution in [2.45, 2.75) is 18.2 Å². The SMILES string of the molecule is Cc1ccc(S(=O)(=O)CCC(=O)N2CCN(c3ccc([N+](=O)[O-])cn3)CC2)cc1. The molecule has 10 heteroatoms. The zero-order chi connectivity index (χ0) is 21.0. The molecule has 0 bridgehead atoms. The first-order valence-electron chi connectivity index (χ1n) is 9.19. The number of benzene rings is 1. The van der Waals surface area contributed by atoms with Crippen LogP contribution >= 0.6 is 0 Å². The number of hydrogen-bond donors (Lipinski definition) is 0. The summed E-state index contributed by atoms with van der Waals surface area (Å²) < 4.78 is 24.8. The zero-order valence-corrected chi connectivity index (χ0v) is 16.8. The van der Waals surface area contributed by atoms with Crippen molar-refractivity contribution in [2.75, 3.05) is 36.8 Å². The largest absolute Gasteiger partial charge is 0.353 e. The molecule has 1 saturated heterocycles. The molecule has 1 aliphatic rings. The monoisotopic (exact) mass is 418 g/mol. The lowest BCUT2D eigenvalue weighted by atomic mass is 10.2. The maximum atomic E-state index is 12.4. The Morgan fingerprint density at radius 1 is 1.10 bits per heavy atom. The lowest BCUT2D eigenvalue weighted by Crippen LogP contribution is -2.49. The van der Waals surface area contributed by atoms with Crippen molar-refractivity contribution in [2.24, 2.45) is 0 Å². The molecule has 1 amide bonds. The van der Waals surface area contributed by atoms with Crippen LogP contribution in [0.25, 0.3) is 0 Å². The second kappa shape index (κ2) is 8.56. The van der Waals surface area contributed by atoms with Gasteiger partial charge in [-0.1, -0.05) is 17.7 Å². The minimum absolute atomic E-state index is 0.0635. The molecular formula is C19H22N4O5S. The van der Waals surface area contributed by atoms with Gasteiger partial charge in [0.1, 0.15) is 12.0 Å². The van der Waals surface area contributed by atoms with Gasteiger partial charge in [0.25, 0.3) is 5.69 Å². The highest BCUT2D eigenvalue weighted by molar-refractivity contribution is 7.91. The van der Waals surface area contributed by atoms with Crippen molar-refractivity contribution in [3.63, 3.8) is 0 Å². The third kappa shape index (κ3) is 5.08. The molecule has 2 heterocycles. The lowest BCUT2D eigenvalue weighted by Gasteiger charge is -2.35. The highest BCUT2D eigenvalue weighted by atomic mass is 32.2. The van der Waals surface area contributed by atoms with Crippen LogP contribution in [-0.2, 0) is 14.6 Å². The van der Waals surface area contributed by atoms with Gasteiger partial charge >= 0.3 is 0 Å². The van der Waals surface area contributed by atoms with E-state index in [9.17, 15) is 23.3 Å². The van der Waals surface area contributed by atoms with Crippen LogP contribution in [0.2, 0.25) is 0 Å². The Kier molecular flexibility index (Phi) is 6.12. The Hall–Kier alpha value is -3.01. The molecule has 1 aromatic carbocycles. The highest BCUT2D eigenvalue weighted by Gasteiger charge is 2.24. The number of nitro groups is 1. The predicted octanol–water partition coefficient (Wildman–Crippen LogP) is 1.81. The van der Waals surface area contributed by atoms with E-state index in [0.717, 1.165) is 5.56 Å². The van der Waals surface area contributed by atoms with Crippen molar-refractivity contribution in [1.29, 1.82) is 0 Å². The topological polar surface area (TPSA) is 114 Å². The Balaban J connectivity index is 1.52. The number of aryl methyl sites for hydroxylation is 1. The summed E-state index contributed by atoms with van der Waals surface area (Å²) in [6.07, 6.45) is 1.15. The molecule has 9 nitrogen and oxygen atoms in total. The van der Waals surface area contributed by atoms with Gasteiger partial charge < -0.3 is 9.80 Å². The van der Waals surface area contributed by atoms with Gasteiger partial charge in [-0.2, -0.15) is 0 Å². The molecule has 1 aromatic heterocycles. The fraction of sp³-hybridized carbons (Fsp3) is 0.368. The summed E-state index contributed by atoms with van der Waals surface area (Å²) in [4.78, 5) is 30.6. The first kappa shape index (κ1) is 20.7. The maximum Gasteiger partial charge on any atom is 0.287 e. The van der Waals surface area contributed by atoms with Crippen LogP contribution in [0.15, 0.2) is 47.5 Å². The average Bonchev–Trinajstić information content (AvgIpc) is 2.72. The van der Waals surface area contributed by atoms with E-state index >= 15 is 0 Å². The Labute approximate surface area is 169 Å². The maximum absolute atomic E-state index is 12.4. The fourth-order valence-electron chi connectivity index (χ4n) is 3.10. The van der Waals surface area contributed by atoms with Gasteiger partial charge in [-0.15, -0.1) is 0 Å². The van der Waals surface area contributed by atoms with Gasteiger partial charge in [0.15, 0.2) is 9.84 Å². The van der Waals surface area contributed by atoms with Crippen molar-refractivity contribution in [3.8, 4) is 0 Å². The van der Waals surface area contributed by atoms with Crippen LogP contribution < -0.4 is 4.90 Å². The number of sulfone groups is 1. The normalized spacial score (nSPS) is 14.7. The molecule has 0 saturated carbocycles.